The second kappa shape index (κ2) is 7.74. The van der Waals surface area contributed by atoms with Crippen LogP contribution in [0.15, 0.2) is 54.6 Å². The van der Waals surface area contributed by atoms with Crippen LogP contribution in [0, 0.1) is 5.92 Å². The number of rotatable bonds is 6. The molecule has 2 aromatic rings. The zero-order valence-electron chi connectivity index (χ0n) is 15.8. The highest BCUT2D eigenvalue weighted by atomic mass is 16.2. The summed E-state index contributed by atoms with van der Waals surface area (Å²) in [5, 5.41) is 2.96. The van der Waals surface area contributed by atoms with Crippen molar-refractivity contribution in [1.29, 1.82) is 0 Å². The van der Waals surface area contributed by atoms with Gasteiger partial charge in [0, 0.05) is 12.5 Å². The molecule has 3 rings (SSSR count). The van der Waals surface area contributed by atoms with E-state index in [-0.39, 0.29) is 24.3 Å². The van der Waals surface area contributed by atoms with Gasteiger partial charge in [0.2, 0.25) is 5.91 Å². The highest BCUT2D eigenvalue weighted by Crippen LogP contribution is 2.26. The van der Waals surface area contributed by atoms with E-state index in [4.69, 9.17) is 0 Å². The second-order valence-electron chi connectivity index (χ2n) is 7.27. The number of nitrogens with zero attached hydrogens (tertiary/aromatic N) is 1. The van der Waals surface area contributed by atoms with Gasteiger partial charge < -0.3 is 5.32 Å². The van der Waals surface area contributed by atoms with E-state index in [0.717, 1.165) is 10.5 Å². The van der Waals surface area contributed by atoms with Crippen molar-refractivity contribution in [2.75, 3.05) is 0 Å². The van der Waals surface area contributed by atoms with Crippen LogP contribution in [-0.2, 0) is 11.2 Å². The van der Waals surface area contributed by atoms with Crippen LogP contribution < -0.4 is 5.32 Å². The molecule has 1 heterocycles. The average Bonchev–Trinajstić information content (AvgIpc) is 2.91. The molecular weight excluding hydrogens is 340 g/mol. The lowest BCUT2D eigenvalue weighted by Crippen LogP contribution is -2.53. The number of nitrogens with one attached hydrogen (secondary N) is 1. The molecule has 140 valence electrons. The van der Waals surface area contributed by atoms with E-state index in [1.807, 2.05) is 51.1 Å². The highest BCUT2D eigenvalue weighted by Gasteiger charge is 2.42. The van der Waals surface area contributed by atoms with Crippen LogP contribution >= 0.6 is 0 Å². The Bertz CT molecular complexity index is 826. The zero-order chi connectivity index (χ0) is 19.6. The maximum absolute atomic E-state index is 13.0. The van der Waals surface area contributed by atoms with Gasteiger partial charge in [-0.3, -0.25) is 19.3 Å². The summed E-state index contributed by atoms with van der Waals surface area (Å²) < 4.78 is 0. The molecule has 0 bridgehead atoms. The minimum Gasteiger partial charge on any atom is -0.352 e. The molecule has 2 aromatic carbocycles. The monoisotopic (exact) mass is 364 g/mol. The van der Waals surface area contributed by atoms with E-state index in [1.54, 1.807) is 24.3 Å². The molecule has 5 heteroatoms. The van der Waals surface area contributed by atoms with Gasteiger partial charge in [-0.05, 0) is 30.5 Å². The third kappa shape index (κ3) is 3.77. The van der Waals surface area contributed by atoms with Crippen molar-refractivity contribution in [2.24, 2.45) is 5.92 Å². The molecule has 0 saturated carbocycles. The standard InChI is InChI=1S/C22H24N2O3/c1-14(2)15(3)23-20(25)19(13-16-9-5-4-6-10-16)24-21(26)17-11-7-8-12-18(17)22(24)27/h4-12,14-15,19H,13H2,1-3H3,(H,23,25)/t15-,19+/m1/s1. The minimum atomic E-state index is -0.888. The molecule has 0 radical (unpaired) electrons. The Balaban J connectivity index is 1.94. The number of amides is 3. The Labute approximate surface area is 159 Å². The molecule has 0 unspecified atom stereocenters. The van der Waals surface area contributed by atoms with Crippen LogP contribution in [0.2, 0.25) is 0 Å². The van der Waals surface area contributed by atoms with Gasteiger partial charge in [-0.25, -0.2) is 0 Å². The fourth-order valence-electron chi connectivity index (χ4n) is 3.12. The number of hydrogen-bond donors (Lipinski definition) is 1. The first-order valence-electron chi connectivity index (χ1n) is 9.21. The van der Waals surface area contributed by atoms with Gasteiger partial charge in [-0.15, -0.1) is 0 Å². The Hall–Kier alpha value is -2.95. The smallest absolute Gasteiger partial charge is 0.262 e. The van der Waals surface area contributed by atoms with Gasteiger partial charge in [0.15, 0.2) is 0 Å². The lowest BCUT2D eigenvalue weighted by molar-refractivity contribution is -0.125. The SMILES string of the molecule is CC(C)[C@@H](C)NC(=O)[C@H](Cc1ccccc1)N1C(=O)c2ccccc2C1=O. The molecule has 0 spiro atoms. The number of fused-ring (bicyclic) bond motifs is 1. The summed E-state index contributed by atoms with van der Waals surface area (Å²) in [6.07, 6.45) is 0.281. The predicted molar refractivity (Wildman–Crippen MR) is 103 cm³/mol. The number of carbonyl (C=O) groups is 3. The van der Waals surface area contributed by atoms with Crippen molar-refractivity contribution < 1.29 is 14.4 Å². The minimum absolute atomic E-state index is 0.0639. The van der Waals surface area contributed by atoms with Crippen molar-refractivity contribution in [1.82, 2.24) is 10.2 Å². The molecular formula is C22H24N2O3. The molecule has 5 nitrogen and oxygen atoms in total. The van der Waals surface area contributed by atoms with Crippen molar-refractivity contribution in [3.63, 3.8) is 0 Å². The Morgan fingerprint density at radius 2 is 1.41 bits per heavy atom. The molecule has 0 saturated heterocycles. The maximum atomic E-state index is 13.0. The van der Waals surface area contributed by atoms with Crippen molar-refractivity contribution in [3.05, 3.63) is 71.3 Å². The lowest BCUT2D eigenvalue weighted by atomic mass is 10.0. The molecule has 0 fully saturated rings. The van der Waals surface area contributed by atoms with Gasteiger partial charge in [-0.2, -0.15) is 0 Å². The topological polar surface area (TPSA) is 66.5 Å². The average molecular weight is 364 g/mol. The van der Waals surface area contributed by atoms with Gasteiger partial charge in [0.05, 0.1) is 11.1 Å². The van der Waals surface area contributed by atoms with Crippen LogP contribution in [-0.4, -0.2) is 34.7 Å². The summed E-state index contributed by atoms with van der Waals surface area (Å²) in [6, 6.07) is 15.2. The normalized spacial score (nSPS) is 15.6. The van der Waals surface area contributed by atoms with Gasteiger partial charge in [0.25, 0.3) is 11.8 Å². The summed E-state index contributed by atoms with van der Waals surface area (Å²) in [6.45, 7) is 5.95. The first-order valence-corrected chi connectivity index (χ1v) is 9.21. The van der Waals surface area contributed by atoms with Gasteiger partial charge in [0.1, 0.15) is 6.04 Å². The predicted octanol–water partition coefficient (Wildman–Crippen LogP) is 3.05. The van der Waals surface area contributed by atoms with E-state index in [1.165, 1.54) is 0 Å². The van der Waals surface area contributed by atoms with Crippen molar-refractivity contribution >= 4 is 17.7 Å². The first-order chi connectivity index (χ1) is 12.9. The molecule has 1 N–H and O–H groups in total. The molecule has 1 aliphatic heterocycles. The molecule has 3 amide bonds. The van der Waals surface area contributed by atoms with Crippen LogP contribution in [0.25, 0.3) is 0 Å². The van der Waals surface area contributed by atoms with Crippen molar-refractivity contribution in [3.8, 4) is 0 Å². The molecule has 1 aliphatic rings. The fraction of sp³-hybridized carbons (Fsp3) is 0.318. The largest absolute Gasteiger partial charge is 0.352 e. The summed E-state index contributed by atoms with van der Waals surface area (Å²) in [5.74, 6) is -0.893. The Morgan fingerprint density at radius 3 is 1.93 bits per heavy atom. The van der Waals surface area contributed by atoms with Crippen LogP contribution in [0.5, 0.6) is 0 Å². The van der Waals surface area contributed by atoms with E-state index in [0.29, 0.717) is 11.1 Å². The van der Waals surface area contributed by atoms with Crippen molar-refractivity contribution in [2.45, 2.75) is 39.3 Å². The van der Waals surface area contributed by atoms with E-state index < -0.39 is 17.9 Å². The molecule has 27 heavy (non-hydrogen) atoms. The van der Waals surface area contributed by atoms with E-state index in [2.05, 4.69) is 5.32 Å². The molecule has 0 aliphatic carbocycles. The third-order valence-electron chi connectivity index (χ3n) is 5.08. The first kappa shape index (κ1) is 18.8. The Kier molecular flexibility index (Phi) is 5.40. The van der Waals surface area contributed by atoms with Gasteiger partial charge in [-0.1, -0.05) is 56.3 Å². The van der Waals surface area contributed by atoms with Crippen LogP contribution in [0.3, 0.4) is 0 Å². The fourth-order valence-corrected chi connectivity index (χ4v) is 3.12. The number of imide groups is 1. The van der Waals surface area contributed by atoms with Gasteiger partial charge >= 0.3 is 0 Å². The summed E-state index contributed by atoms with van der Waals surface area (Å²) in [4.78, 5) is 39.9. The number of hydrogen-bond acceptors (Lipinski definition) is 3. The van der Waals surface area contributed by atoms with Crippen LogP contribution in [0.4, 0.5) is 0 Å². The van der Waals surface area contributed by atoms with Crippen LogP contribution in [0.1, 0.15) is 47.1 Å². The maximum Gasteiger partial charge on any atom is 0.262 e. The number of benzene rings is 2. The Morgan fingerprint density at radius 1 is 0.889 bits per heavy atom. The summed E-state index contributed by atoms with van der Waals surface area (Å²) >= 11 is 0. The van der Waals surface area contributed by atoms with E-state index in [9.17, 15) is 14.4 Å². The zero-order valence-corrected chi connectivity index (χ0v) is 15.8. The molecule has 0 aromatic heterocycles. The second-order valence-corrected chi connectivity index (χ2v) is 7.27. The third-order valence-corrected chi connectivity index (χ3v) is 5.08. The summed E-state index contributed by atoms with van der Waals surface area (Å²) in [7, 11) is 0. The molecule has 2 atom stereocenters. The number of carbonyl (C=O) groups excluding carboxylic acids is 3. The quantitative estimate of drug-likeness (QED) is 0.801. The summed E-state index contributed by atoms with van der Waals surface area (Å²) in [5.41, 5.74) is 1.60. The lowest BCUT2D eigenvalue weighted by Gasteiger charge is -2.28. The van der Waals surface area contributed by atoms with E-state index >= 15 is 0 Å². The highest BCUT2D eigenvalue weighted by molar-refractivity contribution is 6.22.